The van der Waals surface area contributed by atoms with E-state index in [-0.39, 0.29) is 0 Å². The number of anilines is 1. The summed E-state index contributed by atoms with van der Waals surface area (Å²) in [6, 6.07) is 0. The largest absolute Gasteiger partial charge is 0.369 e. The molecule has 0 saturated carbocycles. The van der Waals surface area contributed by atoms with Crippen molar-refractivity contribution in [3.8, 4) is 0 Å². The maximum Gasteiger partial charge on any atom is 0.163 e. The van der Waals surface area contributed by atoms with Crippen molar-refractivity contribution in [3.63, 3.8) is 0 Å². The van der Waals surface area contributed by atoms with Gasteiger partial charge in [-0.05, 0) is 17.9 Å². The van der Waals surface area contributed by atoms with Crippen LogP contribution in [-0.4, -0.2) is 37.8 Å². The van der Waals surface area contributed by atoms with Gasteiger partial charge in [-0.3, -0.25) is 4.68 Å². The minimum atomic E-state index is 0.866. The summed E-state index contributed by atoms with van der Waals surface area (Å²) in [6.07, 6.45) is 4.52. The van der Waals surface area contributed by atoms with E-state index in [9.17, 15) is 0 Å². The topological polar surface area (TPSA) is 55.6 Å². The summed E-state index contributed by atoms with van der Waals surface area (Å²) >= 11 is 1.96. The van der Waals surface area contributed by atoms with Crippen molar-refractivity contribution in [3.05, 3.63) is 12.5 Å². The van der Waals surface area contributed by atoms with Crippen molar-refractivity contribution < 1.29 is 0 Å². The molecule has 2 aromatic rings. The fourth-order valence-corrected chi connectivity index (χ4v) is 2.27. The first kappa shape index (κ1) is 12.2. The maximum absolute atomic E-state index is 4.26. The van der Waals surface area contributed by atoms with E-state index in [1.54, 1.807) is 17.2 Å². The fourth-order valence-electron chi connectivity index (χ4n) is 1.63. The van der Waals surface area contributed by atoms with Crippen LogP contribution in [0.15, 0.2) is 12.5 Å². The first-order valence-corrected chi connectivity index (χ1v) is 6.92. The third-order valence-corrected chi connectivity index (χ3v) is 3.48. The average Bonchev–Trinajstić information content (AvgIpc) is 2.72. The highest BCUT2D eigenvalue weighted by molar-refractivity contribution is 7.99. The smallest absolute Gasteiger partial charge is 0.163 e. The van der Waals surface area contributed by atoms with E-state index in [0.29, 0.717) is 0 Å². The molecule has 0 unspecified atom stereocenters. The van der Waals surface area contributed by atoms with E-state index in [0.717, 1.165) is 29.8 Å². The molecule has 0 aliphatic heterocycles. The van der Waals surface area contributed by atoms with Crippen molar-refractivity contribution in [2.24, 2.45) is 7.05 Å². The number of hydrogen-bond acceptors (Lipinski definition) is 5. The van der Waals surface area contributed by atoms with Crippen LogP contribution in [0.3, 0.4) is 0 Å². The Labute approximate surface area is 105 Å². The Kier molecular flexibility index (Phi) is 4.19. The summed E-state index contributed by atoms with van der Waals surface area (Å²) in [7, 11) is 1.89. The SMILES string of the molecule is CCSCCCNc1ncnc2c1cnn2C. The van der Waals surface area contributed by atoms with Crippen LogP contribution in [0.2, 0.25) is 0 Å². The van der Waals surface area contributed by atoms with Crippen LogP contribution in [0.5, 0.6) is 0 Å². The molecule has 0 amide bonds. The van der Waals surface area contributed by atoms with Gasteiger partial charge in [-0.2, -0.15) is 16.9 Å². The molecule has 6 heteroatoms. The van der Waals surface area contributed by atoms with Crippen molar-refractivity contribution in [1.29, 1.82) is 0 Å². The van der Waals surface area contributed by atoms with Crippen LogP contribution < -0.4 is 5.32 Å². The molecular weight excluding hydrogens is 234 g/mol. The Bertz CT molecular complexity index is 482. The number of nitrogens with one attached hydrogen (secondary N) is 1. The van der Waals surface area contributed by atoms with Crippen molar-refractivity contribution >= 4 is 28.6 Å². The second-order valence-electron chi connectivity index (χ2n) is 3.70. The Morgan fingerprint density at radius 2 is 2.29 bits per heavy atom. The number of aryl methyl sites for hydroxylation is 1. The zero-order chi connectivity index (χ0) is 12.1. The first-order valence-electron chi connectivity index (χ1n) is 5.77. The number of nitrogens with zero attached hydrogens (tertiary/aromatic N) is 4. The van der Waals surface area contributed by atoms with Crippen LogP contribution in [-0.2, 0) is 7.05 Å². The van der Waals surface area contributed by atoms with Crippen LogP contribution in [0, 0.1) is 0 Å². The molecule has 0 atom stereocenters. The Balaban J connectivity index is 1.99. The van der Waals surface area contributed by atoms with Crippen LogP contribution in [0.1, 0.15) is 13.3 Å². The standard InChI is InChI=1S/C11H17N5S/c1-3-17-6-4-5-12-10-9-7-15-16(2)11(9)14-8-13-10/h7-8H,3-6H2,1-2H3,(H,12,13,14). The quantitative estimate of drug-likeness (QED) is 0.795. The van der Waals surface area contributed by atoms with Gasteiger partial charge in [0.25, 0.3) is 0 Å². The lowest BCUT2D eigenvalue weighted by atomic mass is 10.4. The van der Waals surface area contributed by atoms with E-state index >= 15 is 0 Å². The Hall–Kier alpha value is -1.30. The van der Waals surface area contributed by atoms with Gasteiger partial charge in [0.05, 0.1) is 11.6 Å². The molecule has 2 heterocycles. The van der Waals surface area contributed by atoms with Gasteiger partial charge < -0.3 is 5.32 Å². The van der Waals surface area contributed by atoms with Crippen LogP contribution >= 0.6 is 11.8 Å². The predicted octanol–water partition coefficient (Wildman–Crippen LogP) is 1.92. The lowest BCUT2D eigenvalue weighted by Crippen LogP contribution is -2.05. The van der Waals surface area contributed by atoms with E-state index in [4.69, 9.17) is 0 Å². The van der Waals surface area contributed by atoms with Crippen molar-refractivity contribution in [1.82, 2.24) is 19.7 Å². The summed E-state index contributed by atoms with van der Waals surface area (Å²) in [4.78, 5) is 8.46. The highest BCUT2D eigenvalue weighted by Gasteiger charge is 2.06. The lowest BCUT2D eigenvalue weighted by Gasteiger charge is -2.05. The van der Waals surface area contributed by atoms with E-state index in [1.807, 2.05) is 18.8 Å². The third-order valence-electron chi connectivity index (χ3n) is 2.49. The molecule has 5 nitrogen and oxygen atoms in total. The van der Waals surface area contributed by atoms with Gasteiger partial charge in [0.1, 0.15) is 12.1 Å². The normalized spacial score (nSPS) is 10.9. The summed E-state index contributed by atoms with van der Waals surface area (Å²) < 4.78 is 1.76. The molecule has 17 heavy (non-hydrogen) atoms. The van der Waals surface area contributed by atoms with Crippen LogP contribution in [0.4, 0.5) is 5.82 Å². The van der Waals surface area contributed by atoms with Gasteiger partial charge in [-0.15, -0.1) is 0 Å². The van der Waals surface area contributed by atoms with Gasteiger partial charge >= 0.3 is 0 Å². The Morgan fingerprint density at radius 1 is 1.41 bits per heavy atom. The molecule has 1 N–H and O–H groups in total. The van der Waals surface area contributed by atoms with Crippen molar-refractivity contribution in [2.45, 2.75) is 13.3 Å². The second kappa shape index (κ2) is 5.86. The molecule has 0 aliphatic carbocycles. The molecule has 2 aromatic heterocycles. The molecule has 2 rings (SSSR count). The molecule has 0 aliphatic rings. The summed E-state index contributed by atoms with van der Waals surface area (Å²) in [6.45, 7) is 3.12. The molecule has 0 bridgehead atoms. The average molecular weight is 251 g/mol. The summed E-state index contributed by atoms with van der Waals surface area (Å²) in [5.74, 6) is 3.25. The molecule has 0 fully saturated rings. The second-order valence-corrected chi connectivity index (χ2v) is 5.10. The van der Waals surface area contributed by atoms with Crippen molar-refractivity contribution in [2.75, 3.05) is 23.4 Å². The molecule has 0 aromatic carbocycles. The molecular formula is C11H17N5S. The monoisotopic (exact) mass is 251 g/mol. The lowest BCUT2D eigenvalue weighted by molar-refractivity contribution is 0.785. The number of aromatic nitrogens is 4. The maximum atomic E-state index is 4.26. The van der Waals surface area contributed by atoms with Gasteiger partial charge in [-0.1, -0.05) is 6.92 Å². The highest BCUT2D eigenvalue weighted by atomic mass is 32.2. The summed E-state index contributed by atoms with van der Waals surface area (Å²) in [5.41, 5.74) is 0.866. The van der Waals surface area contributed by atoms with Gasteiger partial charge in [0, 0.05) is 13.6 Å². The highest BCUT2D eigenvalue weighted by Crippen LogP contribution is 2.17. The van der Waals surface area contributed by atoms with Gasteiger partial charge in [0.2, 0.25) is 0 Å². The minimum Gasteiger partial charge on any atom is -0.369 e. The zero-order valence-corrected chi connectivity index (χ0v) is 11.0. The van der Waals surface area contributed by atoms with Gasteiger partial charge in [0.15, 0.2) is 5.65 Å². The summed E-state index contributed by atoms with van der Waals surface area (Å²) in [5, 5.41) is 8.51. The number of fused-ring (bicyclic) bond motifs is 1. The molecule has 0 radical (unpaired) electrons. The number of thioether (sulfide) groups is 1. The minimum absolute atomic E-state index is 0.866. The van der Waals surface area contributed by atoms with E-state index in [2.05, 4.69) is 27.3 Å². The zero-order valence-electron chi connectivity index (χ0n) is 10.2. The third kappa shape index (κ3) is 2.88. The van der Waals surface area contributed by atoms with Crippen LogP contribution in [0.25, 0.3) is 11.0 Å². The number of hydrogen-bond donors (Lipinski definition) is 1. The molecule has 0 spiro atoms. The number of rotatable bonds is 6. The van der Waals surface area contributed by atoms with E-state index in [1.165, 1.54) is 11.5 Å². The first-order chi connectivity index (χ1) is 8.33. The van der Waals surface area contributed by atoms with Gasteiger partial charge in [-0.25, -0.2) is 9.97 Å². The fraction of sp³-hybridized carbons (Fsp3) is 0.545. The predicted molar refractivity (Wildman–Crippen MR) is 72.4 cm³/mol. The molecule has 92 valence electrons. The molecule has 0 saturated heterocycles. The Morgan fingerprint density at radius 3 is 3.12 bits per heavy atom. The van der Waals surface area contributed by atoms with E-state index < -0.39 is 0 Å².